The second-order valence-corrected chi connectivity index (χ2v) is 5.95. The Morgan fingerprint density at radius 1 is 1.41 bits per heavy atom. The van der Waals surface area contributed by atoms with Gasteiger partial charge in [0.25, 0.3) is 0 Å². The predicted octanol–water partition coefficient (Wildman–Crippen LogP) is 1.95. The quantitative estimate of drug-likeness (QED) is 0.730. The van der Waals surface area contributed by atoms with Crippen LogP contribution in [0.15, 0.2) is 28.7 Å². The van der Waals surface area contributed by atoms with E-state index >= 15 is 0 Å². The number of hydrogen-bond acceptors (Lipinski definition) is 3. The minimum atomic E-state index is -0.266. The summed E-state index contributed by atoms with van der Waals surface area (Å²) in [7, 11) is 0. The van der Waals surface area contributed by atoms with Crippen molar-refractivity contribution in [2.75, 3.05) is 31.1 Å². The van der Waals surface area contributed by atoms with Gasteiger partial charge in [0.15, 0.2) is 0 Å². The third-order valence-corrected chi connectivity index (χ3v) is 3.96. The number of rotatable bonds is 6. The molecule has 7 heteroatoms. The van der Waals surface area contributed by atoms with Crippen molar-refractivity contribution < 1.29 is 9.59 Å². The van der Waals surface area contributed by atoms with Gasteiger partial charge in [0.05, 0.1) is 5.92 Å². The Balaban J connectivity index is 0.00000242. The molecule has 0 aromatic heterocycles. The number of likely N-dealkylation sites (N-methyl/N-ethyl adjacent to an activating group) is 1. The van der Waals surface area contributed by atoms with Crippen LogP contribution in [0, 0.1) is 5.92 Å². The van der Waals surface area contributed by atoms with Crippen LogP contribution in [-0.4, -0.2) is 38.0 Å². The molecule has 1 saturated heterocycles. The Kier molecular flexibility index (Phi) is 7.85. The van der Waals surface area contributed by atoms with E-state index in [1.54, 1.807) is 4.90 Å². The lowest BCUT2D eigenvalue weighted by Gasteiger charge is -2.17. The van der Waals surface area contributed by atoms with Gasteiger partial charge >= 0.3 is 0 Å². The lowest BCUT2D eigenvalue weighted by molar-refractivity contribution is -0.126. The van der Waals surface area contributed by atoms with E-state index in [1.165, 1.54) is 0 Å². The van der Waals surface area contributed by atoms with Crippen molar-refractivity contribution in [1.82, 2.24) is 10.6 Å². The van der Waals surface area contributed by atoms with E-state index in [1.807, 2.05) is 31.2 Å². The lowest BCUT2D eigenvalue weighted by Crippen LogP contribution is -2.37. The molecule has 1 aromatic rings. The van der Waals surface area contributed by atoms with Crippen LogP contribution in [0.4, 0.5) is 5.69 Å². The van der Waals surface area contributed by atoms with Crippen LogP contribution in [-0.2, 0) is 9.59 Å². The molecular weight excluding hydrogens is 370 g/mol. The maximum Gasteiger partial charge on any atom is 0.227 e. The van der Waals surface area contributed by atoms with Gasteiger partial charge in [-0.3, -0.25) is 9.59 Å². The minimum Gasteiger partial charge on any atom is -0.355 e. The van der Waals surface area contributed by atoms with Gasteiger partial charge in [-0.15, -0.1) is 12.4 Å². The summed E-state index contributed by atoms with van der Waals surface area (Å²) < 4.78 is 0.923. The Labute approximate surface area is 145 Å². The standard InChI is InChI=1S/C15H20BrN3O2.ClH/c1-2-17-6-7-18-15(21)11-8-14(20)19(10-11)13-5-3-4-12(16)9-13;/h3-5,9,11,17H,2,6-8,10H2,1H3,(H,18,21);1H. The highest BCUT2D eigenvalue weighted by molar-refractivity contribution is 9.10. The number of hydrogen-bond donors (Lipinski definition) is 2. The average molecular weight is 391 g/mol. The summed E-state index contributed by atoms with van der Waals surface area (Å²) in [5, 5.41) is 6.02. The zero-order valence-corrected chi connectivity index (χ0v) is 14.9. The summed E-state index contributed by atoms with van der Waals surface area (Å²) in [6.45, 7) is 4.69. The first-order chi connectivity index (χ1) is 10.1. The first kappa shape index (κ1) is 18.9. The normalized spacial score (nSPS) is 17.3. The summed E-state index contributed by atoms with van der Waals surface area (Å²) >= 11 is 3.40. The number of nitrogens with one attached hydrogen (secondary N) is 2. The molecule has 2 amide bonds. The summed E-state index contributed by atoms with van der Waals surface area (Å²) in [5.74, 6) is -0.309. The van der Waals surface area contributed by atoms with E-state index in [4.69, 9.17) is 0 Å². The smallest absolute Gasteiger partial charge is 0.227 e. The van der Waals surface area contributed by atoms with Gasteiger partial charge in [0.1, 0.15) is 0 Å². The first-order valence-corrected chi connectivity index (χ1v) is 7.95. The molecule has 1 atom stereocenters. The average Bonchev–Trinajstić information content (AvgIpc) is 2.85. The molecule has 5 nitrogen and oxygen atoms in total. The van der Waals surface area contributed by atoms with Gasteiger partial charge in [-0.2, -0.15) is 0 Å². The zero-order chi connectivity index (χ0) is 15.2. The van der Waals surface area contributed by atoms with Gasteiger partial charge in [-0.05, 0) is 24.7 Å². The Morgan fingerprint density at radius 3 is 2.86 bits per heavy atom. The molecule has 1 unspecified atom stereocenters. The third kappa shape index (κ3) is 4.97. The summed E-state index contributed by atoms with van der Waals surface area (Å²) in [6.07, 6.45) is 0.277. The second-order valence-electron chi connectivity index (χ2n) is 5.03. The highest BCUT2D eigenvalue weighted by Crippen LogP contribution is 2.27. The number of carbonyl (C=O) groups is 2. The molecule has 22 heavy (non-hydrogen) atoms. The van der Waals surface area contributed by atoms with E-state index in [9.17, 15) is 9.59 Å². The largest absolute Gasteiger partial charge is 0.355 e. The van der Waals surface area contributed by atoms with Crippen molar-refractivity contribution in [2.45, 2.75) is 13.3 Å². The summed E-state index contributed by atoms with van der Waals surface area (Å²) in [4.78, 5) is 25.8. The van der Waals surface area contributed by atoms with Crippen LogP contribution in [0.5, 0.6) is 0 Å². The fourth-order valence-electron chi connectivity index (χ4n) is 2.37. The number of carbonyl (C=O) groups excluding carboxylic acids is 2. The molecule has 0 saturated carbocycles. The predicted molar refractivity (Wildman–Crippen MR) is 93.4 cm³/mol. The van der Waals surface area contributed by atoms with Crippen LogP contribution in [0.3, 0.4) is 0 Å². The Hall–Kier alpha value is -1.11. The fourth-order valence-corrected chi connectivity index (χ4v) is 2.76. The van der Waals surface area contributed by atoms with Crippen molar-refractivity contribution in [3.63, 3.8) is 0 Å². The first-order valence-electron chi connectivity index (χ1n) is 7.16. The van der Waals surface area contributed by atoms with Gasteiger partial charge in [-0.25, -0.2) is 0 Å². The van der Waals surface area contributed by atoms with E-state index < -0.39 is 0 Å². The Morgan fingerprint density at radius 2 is 2.18 bits per heavy atom. The molecular formula is C15H21BrClN3O2. The number of benzene rings is 1. The van der Waals surface area contributed by atoms with Gasteiger partial charge < -0.3 is 15.5 Å². The highest BCUT2D eigenvalue weighted by atomic mass is 79.9. The van der Waals surface area contributed by atoms with Gasteiger partial charge in [0, 0.05) is 36.2 Å². The molecule has 2 rings (SSSR count). The lowest BCUT2D eigenvalue weighted by atomic mass is 10.1. The molecule has 122 valence electrons. The molecule has 0 bridgehead atoms. The highest BCUT2D eigenvalue weighted by Gasteiger charge is 2.34. The maximum atomic E-state index is 12.1. The summed E-state index contributed by atoms with van der Waals surface area (Å²) in [6, 6.07) is 7.57. The number of halogens is 2. The van der Waals surface area contributed by atoms with Crippen molar-refractivity contribution in [1.29, 1.82) is 0 Å². The topological polar surface area (TPSA) is 61.4 Å². The molecule has 0 radical (unpaired) electrons. The van der Waals surface area contributed by atoms with E-state index in [0.29, 0.717) is 13.1 Å². The number of nitrogens with zero attached hydrogens (tertiary/aromatic N) is 1. The van der Waals surface area contributed by atoms with Crippen molar-refractivity contribution >= 4 is 45.8 Å². The van der Waals surface area contributed by atoms with Gasteiger partial charge in [0.2, 0.25) is 11.8 Å². The molecule has 0 aliphatic carbocycles. The van der Waals surface area contributed by atoms with Crippen LogP contribution in [0.25, 0.3) is 0 Å². The second kappa shape index (κ2) is 9.12. The summed E-state index contributed by atoms with van der Waals surface area (Å²) in [5.41, 5.74) is 0.831. The maximum absolute atomic E-state index is 12.1. The molecule has 2 N–H and O–H groups in total. The van der Waals surface area contributed by atoms with Crippen LogP contribution >= 0.6 is 28.3 Å². The molecule has 1 fully saturated rings. The zero-order valence-electron chi connectivity index (χ0n) is 12.5. The van der Waals surface area contributed by atoms with Gasteiger partial charge in [-0.1, -0.05) is 28.9 Å². The van der Waals surface area contributed by atoms with E-state index in [0.717, 1.165) is 23.2 Å². The minimum absolute atomic E-state index is 0. The molecule has 0 spiro atoms. The van der Waals surface area contributed by atoms with Crippen LogP contribution in [0.1, 0.15) is 13.3 Å². The molecule has 1 aromatic carbocycles. The molecule has 1 aliphatic heterocycles. The van der Waals surface area contributed by atoms with E-state index in [2.05, 4.69) is 26.6 Å². The van der Waals surface area contributed by atoms with Crippen LogP contribution < -0.4 is 15.5 Å². The van der Waals surface area contributed by atoms with Crippen molar-refractivity contribution in [2.24, 2.45) is 5.92 Å². The molecule has 1 heterocycles. The number of amides is 2. The van der Waals surface area contributed by atoms with Crippen molar-refractivity contribution in [3.8, 4) is 0 Å². The number of anilines is 1. The monoisotopic (exact) mass is 389 g/mol. The third-order valence-electron chi connectivity index (χ3n) is 3.47. The fraction of sp³-hybridized carbons (Fsp3) is 0.467. The SMILES string of the molecule is CCNCCNC(=O)C1CC(=O)N(c2cccc(Br)c2)C1.Cl. The van der Waals surface area contributed by atoms with Crippen LogP contribution in [0.2, 0.25) is 0 Å². The molecule has 1 aliphatic rings. The van der Waals surface area contributed by atoms with Crippen molar-refractivity contribution in [3.05, 3.63) is 28.7 Å². The Bertz CT molecular complexity index is 527. The van der Waals surface area contributed by atoms with E-state index in [-0.39, 0.29) is 36.6 Å².